The van der Waals surface area contributed by atoms with Crippen LogP contribution in [-0.2, 0) is 6.42 Å². The second kappa shape index (κ2) is 7.95. The third kappa shape index (κ3) is 4.17. The average molecular weight is 349 g/mol. The highest BCUT2D eigenvalue weighted by atomic mass is 16.5. The molecule has 1 aromatic heterocycles. The zero-order valence-electron chi connectivity index (χ0n) is 15.3. The Kier molecular flexibility index (Phi) is 5.46. The van der Waals surface area contributed by atoms with Crippen LogP contribution in [0.25, 0.3) is 11.4 Å². The Morgan fingerprint density at radius 2 is 1.77 bits per heavy atom. The highest BCUT2D eigenvalue weighted by Gasteiger charge is 2.20. The lowest BCUT2D eigenvalue weighted by atomic mass is 10.1. The lowest BCUT2D eigenvalue weighted by Crippen LogP contribution is -2.38. The topological polar surface area (TPSA) is 59.2 Å². The Balaban J connectivity index is 1.69. The summed E-state index contributed by atoms with van der Waals surface area (Å²) < 4.78 is 5.35. The van der Waals surface area contributed by atoms with Gasteiger partial charge in [-0.1, -0.05) is 53.2 Å². The molecular weight excluding hydrogens is 326 g/mol. The van der Waals surface area contributed by atoms with E-state index in [0.717, 1.165) is 11.1 Å². The molecule has 0 saturated heterocycles. The van der Waals surface area contributed by atoms with Gasteiger partial charge in [-0.15, -0.1) is 0 Å². The van der Waals surface area contributed by atoms with Crippen molar-refractivity contribution in [1.82, 2.24) is 15.0 Å². The van der Waals surface area contributed by atoms with Crippen LogP contribution in [0.15, 0.2) is 59.1 Å². The molecule has 0 radical (unpaired) electrons. The van der Waals surface area contributed by atoms with Crippen LogP contribution >= 0.6 is 0 Å². The SMILES string of the molecule is Cc1ccc(C(=O)N(CCc2nc(-c3ccccc3)no2)C(C)C)cc1. The number of rotatable bonds is 6. The third-order valence-electron chi connectivity index (χ3n) is 4.25. The molecule has 5 heteroatoms. The second-order valence-electron chi connectivity index (χ2n) is 6.59. The Morgan fingerprint density at radius 1 is 1.08 bits per heavy atom. The summed E-state index contributed by atoms with van der Waals surface area (Å²) >= 11 is 0. The summed E-state index contributed by atoms with van der Waals surface area (Å²) in [4.78, 5) is 19.1. The minimum absolute atomic E-state index is 0.0165. The highest BCUT2D eigenvalue weighted by Crippen LogP contribution is 2.16. The summed E-state index contributed by atoms with van der Waals surface area (Å²) in [6.07, 6.45) is 0.523. The Morgan fingerprint density at radius 3 is 2.42 bits per heavy atom. The van der Waals surface area contributed by atoms with Crippen molar-refractivity contribution < 1.29 is 9.32 Å². The number of hydrogen-bond acceptors (Lipinski definition) is 4. The first kappa shape index (κ1) is 17.9. The van der Waals surface area contributed by atoms with E-state index in [1.54, 1.807) is 0 Å². The summed E-state index contributed by atoms with van der Waals surface area (Å²) in [6.45, 7) is 6.56. The number of benzene rings is 2. The van der Waals surface area contributed by atoms with Gasteiger partial charge in [-0.2, -0.15) is 4.98 Å². The minimum Gasteiger partial charge on any atom is -0.339 e. The fourth-order valence-electron chi connectivity index (χ4n) is 2.73. The number of carbonyl (C=O) groups excluding carboxylic acids is 1. The predicted molar refractivity (Wildman–Crippen MR) is 101 cm³/mol. The number of carbonyl (C=O) groups is 1. The van der Waals surface area contributed by atoms with Crippen LogP contribution in [0.4, 0.5) is 0 Å². The van der Waals surface area contributed by atoms with E-state index in [-0.39, 0.29) is 11.9 Å². The van der Waals surface area contributed by atoms with Crippen molar-refractivity contribution in [2.45, 2.75) is 33.2 Å². The van der Waals surface area contributed by atoms with E-state index in [2.05, 4.69) is 10.1 Å². The molecule has 0 bridgehead atoms. The van der Waals surface area contributed by atoms with Crippen molar-refractivity contribution in [2.75, 3.05) is 6.54 Å². The first-order valence-corrected chi connectivity index (χ1v) is 8.80. The third-order valence-corrected chi connectivity index (χ3v) is 4.25. The largest absolute Gasteiger partial charge is 0.339 e. The maximum atomic E-state index is 12.8. The minimum atomic E-state index is 0.0165. The summed E-state index contributed by atoms with van der Waals surface area (Å²) in [5.74, 6) is 1.12. The van der Waals surface area contributed by atoms with Gasteiger partial charge >= 0.3 is 0 Å². The Labute approximate surface area is 153 Å². The fourth-order valence-corrected chi connectivity index (χ4v) is 2.73. The number of nitrogens with zero attached hydrogens (tertiary/aromatic N) is 3. The van der Waals surface area contributed by atoms with Crippen molar-refractivity contribution in [1.29, 1.82) is 0 Å². The standard InChI is InChI=1S/C21H23N3O2/c1-15(2)24(21(25)18-11-9-16(3)10-12-18)14-13-19-22-20(23-26-19)17-7-5-4-6-8-17/h4-12,15H,13-14H2,1-3H3. The molecule has 2 aromatic carbocycles. The molecule has 0 aliphatic rings. The first-order chi connectivity index (χ1) is 12.5. The molecule has 0 spiro atoms. The fraction of sp³-hybridized carbons (Fsp3) is 0.286. The van der Waals surface area contributed by atoms with Crippen LogP contribution in [0.3, 0.4) is 0 Å². The van der Waals surface area contributed by atoms with Gasteiger partial charge in [-0.3, -0.25) is 4.79 Å². The van der Waals surface area contributed by atoms with Gasteiger partial charge in [0, 0.05) is 30.1 Å². The molecule has 134 valence electrons. The highest BCUT2D eigenvalue weighted by molar-refractivity contribution is 5.94. The molecular formula is C21H23N3O2. The van der Waals surface area contributed by atoms with Gasteiger partial charge in [0.15, 0.2) is 0 Å². The second-order valence-corrected chi connectivity index (χ2v) is 6.59. The van der Waals surface area contributed by atoms with E-state index in [9.17, 15) is 4.79 Å². The van der Waals surface area contributed by atoms with Gasteiger partial charge in [0.25, 0.3) is 5.91 Å². The molecule has 0 fully saturated rings. The van der Waals surface area contributed by atoms with Crippen LogP contribution in [0, 0.1) is 6.92 Å². The Hall–Kier alpha value is -2.95. The van der Waals surface area contributed by atoms with Gasteiger partial charge in [0.1, 0.15) is 0 Å². The first-order valence-electron chi connectivity index (χ1n) is 8.80. The van der Waals surface area contributed by atoms with Crippen molar-refractivity contribution in [3.05, 3.63) is 71.6 Å². The number of hydrogen-bond donors (Lipinski definition) is 0. The molecule has 0 N–H and O–H groups in total. The van der Waals surface area contributed by atoms with Crippen molar-refractivity contribution in [2.24, 2.45) is 0 Å². The molecule has 0 saturated carbocycles. The summed E-state index contributed by atoms with van der Waals surface area (Å²) in [6, 6.07) is 17.4. The monoisotopic (exact) mass is 349 g/mol. The van der Waals surface area contributed by atoms with E-state index < -0.39 is 0 Å². The average Bonchev–Trinajstić information content (AvgIpc) is 3.12. The molecule has 0 unspecified atom stereocenters. The smallest absolute Gasteiger partial charge is 0.254 e. The molecule has 1 amide bonds. The summed E-state index contributed by atoms with van der Waals surface area (Å²) in [5.41, 5.74) is 2.75. The lowest BCUT2D eigenvalue weighted by molar-refractivity contribution is 0.0704. The zero-order chi connectivity index (χ0) is 18.5. The van der Waals surface area contributed by atoms with E-state index in [0.29, 0.717) is 30.2 Å². The normalized spacial score (nSPS) is 10.9. The van der Waals surface area contributed by atoms with Crippen molar-refractivity contribution >= 4 is 5.91 Å². The number of aromatic nitrogens is 2. The van der Waals surface area contributed by atoms with E-state index >= 15 is 0 Å². The molecule has 0 atom stereocenters. The van der Waals surface area contributed by atoms with Crippen LogP contribution in [0.5, 0.6) is 0 Å². The Bertz CT molecular complexity index is 854. The van der Waals surface area contributed by atoms with Crippen molar-refractivity contribution in [3.63, 3.8) is 0 Å². The zero-order valence-corrected chi connectivity index (χ0v) is 15.3. The lowest BCUT2D eigenvalue weighted by Gasteiger charge is -2.26. The van der Waals surface area contributed by atoms with E-state index in [4.69, 9.17) is 4.52 Å². The molecule has 3 rings (SSSR count). The van der Waals surface area contributed by atoms with Crippen LogP contribution in [-0.4, -0.2) is 33.5 Å². The van der Waals surface area contributed by atoms with Crippen LogP contribution in [0.1, 0.15) is 35.7 Å². The van der Waals surface area contributed by atoms with Crippen molar-refractivity contribution in [3.8, 4) is 11.4 Å². The summed E-state index contributed by atoms with van der Waals surface area (Å²) in [5, 5.41) is 4.03. The number of amides is 1. The molecule has 0 aliphatic carbocycles. The number of aryl methyl sites for hydroxylation is 1. The maximum Gasteiger partial charge on any atom is 0.254 e. The molecule has 3 aromatic rings. The van der Waals surface area contributed by atoms with Gasteiger partial charge in [-0.25, -0.2) is 0 Å². The van der Waals surface area contributed by atoms with Gasteiger partial charge in [0.05, 0.1) is 0 Å². The van der Waals surface area contributed by atoms with Gasteiger partial charge < -0.3 is 9.42 Å². The molecule has 0 aliphatic heterocycles. The quantitative estimate of drug-likeness (QED) is 0.671. The van der Waals surface area contributed by atoms with Gasteiger partial charge in [0.2, 0.25) is 11.7 Å². The summed E-state index contributed by atoms with van der Waals surface area (Å²) in [7, 11) is 0. The predicted octanol–water partition coefficient (Wildman–Crippen LogP) is 4.14. The van der Waals surface area contributed by atoms with E-state index in [1.165, 1.54) is 0 Å². The van der Waals surface area contributed by atoms with Crippen LogP contribution < -0.4 is 0 Å². The maximum absolute atomic E-state index is 12.8. The molecule has 26 heavy (non-hydrogen) atoms. The molecule has 5 nitrogen and oxygen atoms in total. The van der Waals surface area contributed by atoms with Crippen LogP contribution in [0.2, 0.25) is 0 Å². The van der Waals surface area contributed by atoms with E-state index in [1.807, 2.05) is 80.3 Å². The molecule has 1 heterocycles. The van der Waals surface area contributed by atoms with Gasteiger partial charge in [-0.05, 0) is 32.9 Å².